The highest BCUT2D eigenvalue weighted by Crippen LogP contribution is 2.40. The van der Waals surface area contributed by atoms with Gasteiger partial charge in [-0.05, 0) is 47.0 Å². The number of hydrogen-bond donors (Lipinski definition) is 1. The molecule has 1 atom stereocenters. The van der Waals surface area contributed by atoms with Gasteiger partial charge in [0.25, 0.3) is 0 Å². The van der Waals surface area contributed by atoms with Crippen molar-refractivity contribution in [3.63, 3.8) is 0 Å². The maximum atomic E-state index is 12.0. The molecule has 0 bridgehead atoms. The summed E-state index contributed by atoms with van der Waals surface area (Å²) in [6.45, 7) is 0.592. The summed E-state index contributed by atoms with van der Waals surface area (Å²) in [5.74, 6) is 0.866. The van der Waals surface area contributed by atoms with Crippen LogP contribution < -0.4 is 4.90 Å². The molecular weight excluding hydrogens is 368 g/mol. The Morgan fingerprint density at radius 1 is 0.893 bits per heavy atom. The van der Waals surface area contributed by atoms with Gasteiger partial charge < -0.3 is 10.0 Å². The lowest BCUT2D eigenvalue weighted by atomic mass is 9.80. The monoisotopic (exact) mass is 386 g/mol. The third kappa shape index (κ3) is 2.67. The fraction of sp³-hybridized carbons (Fsp3) is 0.125. The molecule has 2 aliphatic heterocycles. The Balaban J connectivity index is 1.60. The minimum atomic E-state index is -1.21. The number of aliphatic imine (C=N–C) groups is 1. The van der Waals surface area contributed by atoms with Gasteiger partial charge in [0, 0.05) is 10.7 Å². The highest BCUT2D eigenvalue weighted by Gasteiger charge is 2.45. The second-order valence-corrected chi connectivity index (χ2v) is 7.59. The van der Waals surface area contributed by atoms with E-state index in [0.717, 1.165) is 28.2 Å². The van der Waals surface area contributed by atoms with Gasteiger partial charge in [-0.2, -0.15) is 0 Å². The first kappa shape index (κ1) is 17.2. The van der Waals surface area contributed by atoms with Crippen molar-refractivity contribution in [3.05, 3.63) is 107 Å². The highest BCUT2D eigenvalue weighted by molar-refractivity contribution is 6.31. The molecule has 0 amide bonds. The Labute approximate surface area is 169 Å². The summed E-state index contributed by atoms with van der Waals surface area (Å²) in [6, 6.07) is 25.1. The molecule has 0 aliphatic carbocycles. The number of nitrogens with zero attached hydrogens (tertiary/aromatic N) is 2. The van der Waals surface area contributed by atoms with Crippen LogP contribution in [-0.4, -0.2) is 23.5 Å². The summed E-state index contributed by atoms with van der Waals surface area (Å²) in [4.78, 5) is 7.09. The van der Waals surface area contributed by atoms with E-state index in [1.54, 1.807) is 0 Å². The van der Waals surface area contributed by atoms with E-state index >= 15 is 0 Å². The maximum absolute atomic E-state index is 12.0. The van der Waals surface area contributed by atoms with E-state index in [2.05, 4.69) is 4.90 Å². The van der Waals surface area contributed by atoms with Gasteiger partial charge in [-0.25, -0.2) is 0 Å². The summed E-state index contributed by atoms with van der Waals surface area (Å²) < 4.78 is 0. The van der Waals surface area contributed by atoms with Gasteiger partial charge in [0.05, 0.1) is 6.54 Å². The smallest absolute Gasteiger partial charge is 0.139 e. The first-order chi connectivity index (χ1) is 13.7. The maximum Gasteiger partial charge on any atom is 0.139 e. The predicted molar refractivity (Wildman–Crippen MR) is 115 cm³/mol. The Bertz CT molecular complexity index is 1040. The fourth-order valence-corrected chi connectivity index (χ4v) is 4.30. The molecule has 1 N–H and O–H groups in total. The normalized spacial score (nSPS) is 17.9. The summed E-state index contributed by atoms with van der Waals surface area (Å²) in [6.07, 6.45) is 4.03. The quantitative estimate of drug-likeness (QED) is 0.695. The Hall–Kier alpha value is -2.88. The summed E-state index contributed by atoms with van der Waals surface area (Å²) >= 11 is 6.16. The minimum Gasteiger partial charge on any atom is -0.378 e. The fourth-order valence-electron chi connectivity index (χ4n) is 4.12. The zero-order valence-electron chi connectivity index (χ0n) is 15.2. The second-order valence-electron chi connectivity index (χ2n) is 7.15. The van der Waals surface area contributed by atoms with E-state index in [-0.39, 0.29) is 6.04 Å². The Kier molecular flexibility index (Phi) is 4.08. The van der Waals surface area contributed by atoms with E-state index in [4.69, 9.17) is 16.6 Å². The van der Waals surface area contributed by atoms with E-state index in [9.17, 15) is 5.11 Å². The lowest BCUT2D eigenvalue weighted by Gasteiger charge is -2.34. The van der Waals surface area contributed by atoms with E-state index in [1.807, 2.05) is 91.0 Å². The van der Waals surface area contributed by atoms with E-state index in [0.29, 0.717) is 11.6 Å². The third-order valence-corrected chi connectivity index (χ3v) is 5.76. The number of anilines is 1. The van der Waals surface area contributed by atoms with Crippen molar-refractivity contribution in [2.75, 3.05) is 11.4 Å². The van der Waals surface area contributed by atoms with Crippen molar-refractivity contribution in [2.45, 2.75) is 11.6 Å². The molecule has 3 nitrogen and oxygen atoms in total. The van der Waals surface area contributed by atoms with Crippen molar-refractivity contribution >= 4 is 29.2 Å². The molecule has 0 spiro atoms. The minimum absolute atomic E-state index is 0.335. The molecule has 3 aromatic rings. The van der Waals surface area contributed by atoms with Gasteiger partial charge in [0.2, 0.25) is 0 Å². The second kappa shape index (κ2) is 6.62. The lowest BCUT2D eigenvalue weighted by Crippen LogP contribution is -2.43. The number of rotatable bonds is 3. The third-order valence-electron chi connectivity index (χ3n) is 5.52. The molecule has 138 valence electrons. The molecule has 2 heterocycles. The Morgan fingerprint density at radius 2 is 1.54 bits per heavy atom. The van der Waals surface area contributed by atoms with Crippen LogP contribution in [0.1, 0.15) is 16.7 Å². The van der Waals surface area contributed by atoms with E-state index in [1.165, 1.54) is 0 Å². The first-order valence-corrected chi connectivity index (χ1v) is 9.70. The molecule has 0 saturated heterocycles. The van der Waals surface area contributed by atoms with Crippen molar-refractivity contribution in [2.24, 2.45) is 4.99 Å². The highest BCUT2D eigenvalue weighted by atomic mass is 35.5. The van der Waals surface area contributed by atoms with E-state index < -0.39 is 5.60 Å². The molecule has 0 saturated carbocycles. The zero-order valence-corrected chi connectivity index (χ0v) is 15.9. The van der Waals surface area contributed by atoms with Crippen LogP contribution >= 0.6 is 11.6 Å². The number of hydrogen-bond acceptors (Lipinski definition) is 3. The average Bonchev–Trinajstić information content (AvgIpc) is 3.19. The SMILES string of the molecule is OC(c1ccccc1)(c1ccccc1)[C@@H]1CN2C(=N1)C=Cc1cc(Cl)ccc12. The number of benzene rings is 3. The number of amidine groups is 1. The van der Waals surface area contributed by atoms with Gasteiger partial charge >= 0.3 is 0 Å². The molecule has 3 aromatic carbocycles. The Morgan fingerprint density at radius 3 is 2.18 bits per heavy atom. The summed E-state index contributed by atoms with van der Waals surface area (Å²) in [7, 11) is 0. The van der Waals surface area contributed by atoms with Crippen molar-refractivity contribution < 1.29 is 5.11 Å². The van der Waals surface area contributed by atoms with Crippen LogP contribution in [0.5, 0.6) is 0 Å². The van der Waals surface area contributed by atoms with Gasteiger partial charge in [0.1, 0.15) is 17.5 Å². The molecule has 0 aromatic heterocycles. The van der Waals surface area contributed by atoms with Crippen LogP contribution in [0.4, 0.5) is 5.69 Å². The van der Waals surface area contributed by atoms with Crippen LogP contribution in [0.3, 0.4) is 0 Å². The molecule has 0 radical (unpaired) electrons. The zero-order chi connectivity index (χ0) is 19.1. The van der Waals surface area contributed by atoms with Gasteiger partial charge in [-0.15, -0.1) is 0 Å². The number of fused-ring (bicyclic) bond motifs is 3. The van der Waals surface area contributed by atoms with Gasteiger partial charge in [0.15, 0.2) is 0 Å². The topological polar surface area (TPSA) is 35.8 Å². The summed E-state index contributed by atoms with van der Waals surface area (Å²) in [5, 5.41) is 12.7. The lowest BCUT2D eigenvalue weighted by molar-refractivity contribution is 0.0580. The summed E-state index contributed by atoms with van der Waals surface area (Å²) in [5.41, 5.74) is 2.60. The van der Waals surface area contributed by atoms with Crippen molar-refractivity contribution in [1.29, 1.82) is 0 Å². The molecule has 28 heavy (non-hydrogen) atoms. The standard InChI is InChI=1S/C24H19ClN2O/c25-20-12-13-21-17(15-20)11-14-23-26-22(16-27(21)23)24(28,18-7-3-1-4-8-18)19-9-5-2-6-10-19/h1-15,22,28H,16H2/t22-/m0/s1. The molecule has 0 unspecified atom stereocenters. The van der Waals surface area contributed by atoms with Crippen LogP contribution in [0.25, 0.3) is 6.08 Å². The van der Waals surface area contributed by atoms with Crippen molar-refractivity contribution in [3.8, 4) is 0 Å². The molecule has 0 fully saturated rings. The molecule has 2 aliphatic rings. The average molecular weight is 387 g/mol. The molecule has 4 heteroatoms. The van der Waals surface area contributed by atoms with Crippen LogP contribution in [-0.2, 0) is 5.60 Å². The molecular formula is C24H19ClN2O. The number of aliphatic hydroxyl groups is 1. The van der Waals surface area contributed by atoms with Gasteiger partial charge in [-0.3, -0.25) is 4.99 Å². The number of halogens is 1. The van der Waals surface area contributed by atoms with Crippen LogP contribution in [0.15, 0.2) is 89.9 Å². The first-order valence-electron chi connectivity index (χ1n) is 9.32. The largest absolute Gasteiger partial charge is 0.378 e. The van der Waals surface area contributed by atoms with Crippen LogP contribution in [0, 0.1) is 0 Å². The van der Waals surface area contributed by atoms with Crippen LogP contribution in [0.2, 0.25) is 5.02 Å². The van der Waals surface area contributed by atoms with Gasteiger partial charge in [-0.1, -0.05) is 72.3 Å². The van der Waals surface area contributed by atoms with Crippen molar-refractivity contribution in [1.82, 2.24) is 0 Å². The predicted octanol–water partition coefficient (Wildman–Crippen LogP) is 4.89. The molecule has 5 rings (SSSR count).